The van der Waals surface area contributed by atoms with Gasteiger partial charge in [0.15, 0.2) is 0 Å². The summed E-state index contributed by atoms with van der Waals surface area (Å²) >= 11 is 0. The number of hydrogen-bond donors (Lipinski definition) is 2. The molecule has 0 radical (unpaired) electrons. The van der Waals surface area contributed by atoms with Crippen LogP contribution in [-0.4, -0.2) is 31.7 Å². The van der Waals surface area contributed by atoms with E-state index in [9.17, 15) is 9.59 Å². The van der Waals surface area contributed by atoms with Gasteiger partial charge in [-0.15, -0.1) is 0 Å². The van der Waals surface area contributed by atoms with Gasteiger partial charge in [-0.3, -0.25) is 4.79 Å². The number of unbranched alkanes of at least 4 members (excludes halogenated alkanes) is 3. The van der Waals surface area contributed by atoms with E-state index in [-0.39, 0.29) is 12.2 Å². The van der Waals surface area contributed by atoms with Crippen LogP contribution < -0.4 is 10.6 Å². The summed E-state index contributed by atoms with van der Waals surface area (Å²) in [5, 5.41) is 5.66. The lowest BCUT2D eigenvalue weighted by Gasteiger charge is -2.58. The number of hydrogen-bond acceptors (Lipinski definition) is 3. The van der Waals surface area contributed by atoms with Crippen LogP contribution >= 0.6 is 0 Å². The van der Waals surface area contributed by atoms with E-state index in [1.54, 1.807) is 5.57 Å². The highest BCUT2D eigenvalue weighted by molar-refractivity contribution is 5.67. The summed E-state index contributed by atoms with van der Waals surface area (Å²) in [5.74, 6) is 5.13. The van der Waals surface area contributed by atoms with E-state index in [0.717, 1.165) is 93.4 Å². The summed E-state index contributed by atoms with van der Waals surface area (Å²) in [6, 6.07) is 0. The number of allylic oxidation sites excluding steroid dienone is 1. The average molecular weight is 557 g/mol. The lowest BCUT2D eigenvalue weighted by molar-refractivity contribution is -0.109. The van der Waals surface area contributed by atoms with Gasteiger partial charge < -0.3 is 15.4 Å². The van der Waals surface area contributed by atoms with Crippen LogP contribution in [0.1, 0.15) is 131 Å². The van der Waals surface area contributed by atoms with E-state index < -0.39 is 0 Å². The Balaban J connectivity index is 1.26. The van der Waals surface area contributed by atoms with Gasteiger partial charge in [-0.25, -0.2) is 4.79 Å². The molecule has 3 saturated carbocycles. The maximum atomic E-state index is 12.5. The second kappa shape index (κ2) is 14.1. The smallest absolute Gasteiger partial charge is 0.407 e. The van der Waals surface area contributed by atoms with E-state index in [1.165, 1.54) is 51.4 Å². The van der Waals surface area contributed by atoms with Crippen molar-refractivity contribution in [3.8, 4) is 0 Å². The molecule has 4 aliphatic carbocycles. The minimum Gasteiger partial charge on any atom is -0.446 e. The molecule has 0 unspecified atom stereocenters. The lowest BCUT2D eigenvalue weighted by Crippen LogP contribution is -2.51. The standard InChI is InChI=1S/C35H60N2O3/c1-25(2)11-10-12-26(3)30-15-16-31-29-14-13-27-23-28(17-19-34(27,4)32(29)18-20-35(30,31)5)40-33(39)37-22-9-7-6-8-21-36-24-38/h13,24-26,28-32H,6-12,14-23H2,1-5H3,(H,36,38)(H,37,39)/t26-,28+,29+,30-,31+,32+,34+,35-/m1/s1. The molecule has 0 heterocycles. The summed E-state index contributed by atoms with van der Waals surface area (Å²) in [6.45, 7) is 13.9. The molecular formula is C35H60N2O3. The first-order valence-corrected chi connectivity index (χ1v) is 17.0. The SMILES string of the molecule is CC(C)CCC[C@@H](C)[C@H]1CC[C@H]2[C@@H]3CC=C4C[C@@H](OC(=O)NCCCCCCNC=O)CC[C@]4(C)[C@H]3CC[C@]12C. The number of carbonyl (C=O) groups excluding carboxylic acids is 2. The van der Waals surface area contributed by atoms with Crippen molar-refractivity contribution in [3.05, 3.63) is 11.6 Å². The van der Waals surface area contributed by atoms with Gasteiger partial charge in [-0.1, -0.05) is 78.4 Å². The fourth-order valence-electron chi connectivity index (χ4n) is 9.90. The largest absolute Gasteiger partial charge is 0.446 e. The highest BCUT2D eigenvalue weighted by atomic mass is 16.6. The summed E-state index contributed by atoms with van der Waals surface area (Å²) < 4.78 is 5.91. The molecule has 0 bridgehead atoms. The van der Waals surface area contributed by atoms with Crippen LogP contribution in [0.5, 0.6) is 0 Å². The normalized spacial score (nSPS) is 35.6. The van der Waals surface area contributed by atoms with Crippen molar-refractivity contribution in [2.45, 2.75) is 137 Å². The summed E-state index contributed by atoms with van der Waals surface area (Å²) in [7, 11) is 0. The number of alkyl carbamates (subject to hydrolysis) is 1. The van der Waals surface area contributed by atoms with Crippen molar-refractivity contribution in [2.24, 2.45) is 46.3 Å². The minimum absolute atomic E-state index is 0.0155. The van der Waals surface area contributed by atoms with Gasteiger partial charge in [0, 0.05) is 19.5 Å². The molecule has 4 rings (SSSR count). The monoisotopic (exact) mass is 556 g/mol. The van der Waals surface area contributed by atoms with Crippen molar-refractivity contribution >= 4 is 12.5 Å². The quantitative estimate of drug-likeness (QED) is 0.128. The molecule has 0 aromatic heterocycles. The molecule has 0 aromatic carbocycles. The fraction of sp³-hybridized carbons (Fsp3) is 0.886. The Morgan fingerprint density at radius 2 is 1.75 bits per heavy atom. The van der Waals surface area contributed by atoms with Crippen molar-refractivity contribution in [2.75, 3.05) is 13.1 Å². The van der Waals surface area contributed by atoms with Gasteiger partial charge in [-0.05, 0) is 104 Å². The van der Waals surface area contributed by atoms with Crippen LogP contribution in [0.15, 0.2) is 11.6 Å². The molecule has 228 valence electrons. The third-order valence-electron chi connectivity index (χ3n) is 12.1. The Hall–Kier alpha value is -1.52. The first kappa shape index (κ1) is 31.4. The average Bonchev–Trinajstić information content (AvgIpc) is 3.27. The Kier molecular flexibility index (Phi) is 11.1. The van der Waals surface area contributed by atoms with Crippen LogP contribution in [0.25, 0.3) is 0 Å². The second-order valence-electron chi connectivity index (χ2n) is 15.0. The molecule has 0 saturated heterocycles. The number of carbonyl (C=O) groups is 2. The topological polar surface area (TPSA) is 67.4 Å². The van der Waals surface area contributed by atoms with Gasteiger partial charge >= 0.3 is 6.09 Å². The Bertz CT molecular complexity index is 871. The summed E-state index contributed by atoms with van der Waals surface area (Å²) in [6.07, 6.45) is 21.4. The first-order valence-electron chi connectivity index (χ1n) is 17.0. The number of fused-ring (bicyclic) bond motifs is 5. The van der Waals surface area contributed by atoms with Crippen molar-refractivity contribution in [1.82, 2.24) is 10.6 Å². The maximum Gasteiger partial charge on any atom is 0.407 e. The van der Waals surface area contributed by atoms with Crippen molar-refractivity contribution in [3.63, 3.8) is 0 Å². The molecule has 8 atom stereocenters. The molecule has 5 nitrogen and oxygen atoms in total. The molecule has 2 N–H and O–H groups in total. The fourth-order valence-corrected chi connectivity index (χ4v) is 9.90. The zero-order valence-corrected chi connectivity index (χ0v) is 26.4. The first-order chi connectivity index (χ1) is 19.2. The Morgan fingerprint density at radius 1 is 0.975 bits per heavy atom. The van der Waals surface area contributed by atoms with Gasteiger partial charge in [0.1, 0.15) is 6.10 Å². The minimum atomic E-state index is -0.251. The molecular weight excluding hydrogens is 496 g/mol. The molecule has 0 spiro atoms. The van der Waals surface area contributed by atoms with Gasteiger partial charge in [0.25, 0.3) is 0 Å². The molecule has 0 aromatic rings. The molecule has 5 heteroatoms. The van der Waals surface area contributed by atoms with E-state index in [0.29, 0.717) is 17.4 Å². The van der Waals surface area contributed by atoms with Gasteiger partial charge in [0.2, 0.25) is 6.41 Å². The molecule has 0 aliphatic heterocycles. The number of ether oxygens (including phenoxy) is 1. The van der Waals surface area contributed by atoms with Crippen LogP contribution in [0.4, 0.5) is 4.79 Å². The second-order valence-corrected chi connectivity index (χ2v) is 15.0. The van der Waals surface area contributed by atoms with Crippen LogP contribution in [0, 0.1) is 46.3 Å². The zero-order chi connectivity index (χ0) is 28.8. The molecule has 4 aliphatic rings. The van der Waals surface area contributed by atoms with E-state index in [4.69, 9.17) is 4.74 Å². The summed E-state index contributed by atoms with van der Waals surface area (Å²) in [4.78, 5) is 22.8. The van der Waals surface area contributed by atoms with Crippen molar-refractivity contribution in [1.29, 1.82) is 0 Å². The predicted molar refractivity (Wildman–Crippen MR) is 164 cm³/mol. The highest BCUT2D eigenvalue weighted by Crippen LogP contribution is 2.67. The lowest BCUT2D eigenvalue weighted by atomic mass is 9.47. The number of nitrogens with one attached hydrogen (secondary N) is 2. The van der Waals surface area contributed by atoms with E-state index in [2.05, 4.69) is 51.3 Å². The zero-order valence-electron chi connectivity index (χ0n) is 26.4. The third kappa shape index (κ3) is 7.09. The molecule has 40 heavy (non-hydrogen) atoms. The van der Waals surface area contributed by atoms with Gasteiger partial charge in [-0.2, -0.15) is 0 Å². The maximum absolute atomic E-state index is 12.5. The summed E-state index contributed by atoms with van der Waals surface area (Å²) in [5.41, 5.74) is 2.41. The third-order valence-corrected chi connectivity index (χ3v) is 12.1. The van der Waals surface area contributed by atoms with Crippen LogP contribution in [0.2, 0.25) is 0 Å². The van der Waals surface area contributed by atoms with Gasteiger partial charge in [0.05, 0.1) is 0 Å². The number of amides is 2. The molecule has 2 amide bonds. The van der Waals surface area contributed by atoms with Crippen LogP contribution in [-0.2, 0) is 9.53 Å². The van der Waals surface area contributed by atoms with E-state index in [1.807, 2.05) is 0 Å². The molecule has 3 fully saturated rings. The predicted octanol–water partition coefficient (Wildman–Crippen LogP) is 8.43. The Labute approximate surface area is 245 Å². The van der Waals surface area contributed by atoms with E-state index >= 15 is 0 Å². The Morgan fingerprint density at radius 3 is 2.50 bits per heavy atom. The number of rotatable bonds is 14. The van der Waals surface area contributed by atoms with Crippen molar-refractivity contribution < 1.29 is 14.3 Å². The van der Waals surface area contributed by atoms with Crippen LogP contribution in [0.3, 0.4) is 0 Å². The highest BCUT2D eigenvalue weighted by Gasteiger charge is 2.59.